The van der Waals surface area contributed by atoms with Crippen LogP contribution in [-0.2, 0) is 20.8 Å². The highest BCUT2D eigenvalue weighted by molar-refractivity contribution is 5.91. The summed E-state index contributed by atoms with van der Waals surface area (Å²) < 4.78 is 5.15. The summed E-state index contributed by atoms with van der Waals surface area (Å²) in [6.45, 7) is 8.32. The first-order valence-electron chi connectivity index (χ1n) is 10.8. The molecule has 33 heavy (non-hydrogen) atoms. The number of amides is 2. The first kappa shape index (κ1) is 27.9. The number of rotatable bonds is 12. The van der Waals surface area contributed by atoms with Crippen molar-refractivity contribution in [2.24, 2.45) is 17.3 Å². The van der Waals surface area contributed by atoms with Gasteiger partial charge < -0.3 is 20.5 Å². The lowest BCUT2D eigenvalue weighted by Crippen LogP contribution is -2.58. The van der Waals surface area contributed by atoms with E-state index in [0.29, 0.717) is 17.7 Å². The summed E-state index contributed by atoms with van der Waals surface area (Å²) >= 11 is 0. The number of benzene rings is 1. The molecule has 184 valence electrons. The smallest absolute Gasteiger partial charge is 0.326 e. The van der Waals surface area contributed by atoms with Gasteiger partial charge in [0.05, 0.1) is 7.11 Å². The molecular weight excluding hydrogens is 430 g/mol. The van der Waals surface area contributed by atoms with Crippen LogP contribution >= 0.6 is 0 Å². The molecule has 1 aromatic rings. The van der Waals surface area contributed by atoms with Crippen molar-refractivity contribution in [3.8, 4) is 5.75 Å². The van der Waals surface area contributed by atoms with Crippen molar-refractivity contribution in [1.29, 1.82) is 0 Å². The van der Waals surface area contributed by atoms with E-state index in [1.807, 2.05) is 13.8 Å². The Balaban J connectivity index is 3.05. The number of hydrogen-bond acceptors (Lipinski definition) is 6. The van der Waals surface area contributed by atoms with Crippen molar-refractivity contribution in [2.45, 2.75) is 59.5 Å². The third-order valence-electron chi connectivity index (χ3n) is 5.10. The van der Waals surface area contributed by atoms with Crippen molar-refractivity contribution in [1.82, 2.24) is 10.6 Å². The Morgan fingerprint density at radius 1 is 1.15 bits per heavy atom. The summed E-state index contributed by atoms with van der Waals surface area (Å²) in [5.74, 6) is -2.79. The van der Waals surface area contributed by atoms with Gasteiger partial charge in [-0.25, -0.2) is 4.79 Å². The zero-order valence-electron chi connectivity index (χ0n) is 20.1. The van der Waals surface area contributed by atoms with Crippen molar-refractivity contribution in [2.75, 3.05) is 13.7 Å². The molecule has 1 aromatic carbocycles. The fourth-order valence-electron chi connectivity index (χ4n) is 3.44. The van der Waals surface area contributed by atoms with Gasteiger partial charge in [0.25, 0.3) is 0 Å². The summed E-state index contributed by atoms with van der Waals surface area (Å²) in [6.07, 6.45) is 0.305. The Morgan fingerprint density at radius 3 is 2.27 bits per heavy atom. The Labute approximate surface area is 194 Å². The zero-order chi connectivity index (χ0) is 25.3. The third-order valence-corrected chi connectivity index (χ3v) is 5.10. The van der Waals surface area contributed by atoms with Crippen LogP contribution in [0.1, 0.15) is 46.6 Å². The third kappa shape index (κ3) is 9.46. The summed E-state index contributed by atoms with van der Waals surface area (Å²) in [6, 6.07) is 4.52. The predicted molar refractivity (Wildman–Crippen MR) is 122 cm³/mol. The minimum absolute atomic E-state index is 0.0143. The summed E-state index contributed by atoms with van der Waals surface area (Å²) in [7, 11) is 1.50. The van der Waals surface area contributed by atoms with E-state index >= 15 is 0 Å². The van der Waals surface area contributed by atoms with E-state index in [2.05, 4.69) is 10.6 Å². The Morgan fingerprint density at radius 2 is 1.79 bits per heavy atom. The molecule has 0 heterocycles. The largest absolute Gasteiger partial charge is 0.497 e. The van der Waals surface area contributed by atoms with E-state index in [1.165, 1.54) is 7.11 Å². The average molecular weight is 466 g/mol. The molecule has 3 N–H and O–H groups in total. The standard InChI is InChI=1S/C23H35N3O7/c1-14(2)10-16(13-26(31)32)20(27)25-19(23(3,4)5)21(28)24-18(22(29)30)12-15-8-7-9-17(11-15)33-6/h7-9,11,14,16,18-19H,10,12-13H2,1-6H3,(H,24,28)(H,25,27)(H,29,30)/t16-,18+,19-/m1/s1. The van der Waals surface area contributed by atoms with Crippen molar-refractivity contribution in [3.63, 3.8) is 0 Å². The quantitative estimate of drug-likeness (QED) is 0.317. The fourth-order valence-corrected chi connectivity index (χ4v) is 3.44. The van der Waals surface area contributed by atoms with Gasteiger partial charge in [-0.05, 0) is 35.4 Å². The van der Waals surface area contributed by atoms with Gasteiger partial charge >= 0.3 is 5.97 Å². The van der Waals surface area contributed by atoms with Gasteiger partial charge in [-0.3, -0.25) is 19.7 Å². The number of carboxylic acid groups (broad SMARTS) is 1. The molecule has 1 rings (SSSR count). The number of hydrogen-bond donors (Lipinski definition) is 3. The summed E-state index contributed by atoms with van der Waals surface area (Å²) in [5.41, 5.74) is -0.114. The molecule has 0 saturated carbocycles. The monoisotopic (exact) mass is 465 g/mol. The molecule has 0 aliphatic carbocycles. The molecule has 0 aliphatic heterocycles. The second-order valence-electron chi connectivity index (χ2n) is 9.60. The van der Waals surface area contributed by atoms with Gasteiger partial charge in [0, 0.05) is 11.3 Å². The van der Waals surface area contributed by atoms with Crippen LogP contribution in [0.15, 0.2) is 24.3 Å². The topological polar surface area (TPSA) is 148 Å². The first-order valence-corrected chi connectivity index (χ1v) is 10.8. The molecule has 0 aromatic heterocycles. The highest BCUT2D eigenvalue weighted by atomic mass is 16.6. The molecule has 0 spiro atoms. The second kappa shape index (κ2) is 12.2. The molecule has 3 atom stereocenters. The van der Waals surface area contributed by atoms with Gasteiger partial charge in [-0.1, -0.05) is 46.8 Å². The Bertz CT molecular complexity index is 849. The maximum atomic E-state index is 13.1. The number of nitrogens with one attached hydrogen (secondary N) is 2. The number of carbonyl (C=O) groups excluding carboxylic acids is 2. The van der Waals surface area contributed by atoms with Crippen LogP contribution in [0.4, 0.5) is 0 Å². The van der Waals surface area contributed by atoms with Gasteiger partial charge in [-0.2, -0.15) is 0 Å². The lowest BCUT2D eigenvalue weighted by molar-refractivity contribution is -0.486. The minimum atomic E-state index is -1.24. The Hall–Kier alpha value is -3.17. The van der Waals surface area contributed by atoms with E-state index in [4.69, 9.17) is 4.74 Å². The predicted octanol–water partition coefficient (Wildman–Crippen LogP) is 2.28. The highest BCUT2D eigenvalue weighted by Crippen LogP contribution is 2.22. The van der Waals surface area contributed by atoms with Gasteiger partial charge in [-0.15, -0.1) is 0 Å². The van der Waals surface area contributed by atoms with E-state index in [-0.39, 0.29) is 12.3 Å². The van der Waals surface area contributed by atoms with Crippen LogP contribution in [0.3, 0.4) is 0 Å². The fraction of sp³-hybridized carbons (Fsp3) is 0.609. The number of ether oxygens (including phenoxy) is 1. The maximum absolute atomic E-state index is 13.1. The van der Waals surface area contributed by atoms with Crippen LogP contribution in [-0.4, -0.2) is 53.6 Å². The summed E-state index contributed by atoms with van der Waals surface area (Å²) in [5, 5.41) is 25.8. The lowest BCUT2D eigenvalue weighted by atomic mass is 9.85. The molecule has 10 heteroatoms. The molecule has 0 unspecified atom stereocenters. The molecule has 0 aliphatic rings. The molecular formula is C23H35N3O7. The van der Waals surface area contributed by atoms with Crippen LogP contribution in [0.25, 0.3) is 0 Å². The van der Waals surface area contributed by atoms with Gasteiger partial charge in [0.2, 0.25) is 18.4 Å². The van der Waals surface area contributed by atoms with E-state index < -0.39 is 52.7 Å². The minimum Gasteiger partial charge on any atom is -0.497 e. The van der Waals surface area contributed by atoms with Gasteiger partial charge in [0.15, 0.2) is 0 Å². The van der Waals surface area contributed by atoms with Crippen molar-refractivity contribution < 1.29 is 29.2 Å². The normalized spacial score (nSPS) is 14.2. The SMILES string of the molecule is COc1cccc(C[C@H](NC(=O)[C@@H](NC(=O)[C@H](CC(C)C)C[N+](=O)[O-])C(C)(C)C)C(=O)O)c1. The number of nitro groups is 1. The van der Waals surface area contributed by atoms with E-state index in [0.717, 1.165) is 0 Å². The first-order chi connectivity index (χ1) is 15.2. The Kier molecular flexibility index (Phi) is 10.3. The summed E-state index contributed by atoms with van der Waals surface area (Å²) in [4.78, 5) is 48.2. The van der Waals surface area contributed by atoms with Crippen LogP contribution in [0.5, 0.6) is 5.75 Å². The maximum Gasteiger partial charge on any atom is 0.326 e. The van der Waals surface area contributed by atoms with Crippen molar-refractivity contribution >= 4 is 17.8 Å². The molecule has 0 fully saturated rings. The number of methoxy groups -OCH3 is 1. The molecule has 2 amide bonds. The second-order valence-corrected chi connectivity index (χ2v) is 9.60. The number of carboxylic acids is 1. The highest BCUT2D eigenvalue weighted by Gasteiger charge is 2.37. The van der Waals surface area contributed by atoms with Crippen LogP contribution < -0.4 is 15.4 Å². The molecule has 0 bridgehead atoms. The van der Waals surface area contributed by atoms with E-state index in [9.17, 15) is 29.6 Å². The van der Waals surface area contributed by atoms with Gasteiger partial charge in [0.1, 0.15) is 23.8 Å². The number of carbonyl (C=O) groups is 3. The molecule has 0 radical (unpaired) electrons. The molecule has 0 saturated heterocycles. The molecule has 10 nitrogen and oxygen atoms in total. The van der Waals surface area contributed by atoms with E-state index in [1.54, 1.807) is 45.0 Å². The number of nitrogens with zero attached hydrogens (tertiary/aromatic N) is 1. The lowest BCUT2D eigenvalue weighted by Gasteiger charge is -2.32. The zero-order valence-corrected chi connectivity index (χ0v) is 20.1. The van der Waals surface area contributed by atoms with Crippen molar-refractivity contribution in [3.05, 3.63) is 39.9 Å². The number of aliphatic carboxylic acids is 1. The van der Waals surface area contributed by atoms with Crippen LogP contribution in [0.2, 0.25) is 0 Å². The van der Waals surface area contributed by atoms with Crippen LogP contribution in [0, 0.1) is 27.4 Å². The average Bonchev–Trinajstić information content (AvgIpc) is 2.69.